The Labute approximate surface area is 156 Å². The summed E-state index contributed by atoms with van der Waals surface area (Å²) in [4.78, 5) is 23.4. The molecule has 0 aliphatic carbocycles. The summed E-state index contributed by atoms with van der Waals surface area (Å²) < 4.78 is 5.36. The first kappa shape index (κ1) is 19.2. The molecule has 6 nitrogen and oxygen atoms in total. The zero-order valence-electron chi connectivity index (χ0n) is 13.9. The molecule has 2 N–H and O–H groups in total. The van der Waals surface area contributed by atoms with Gasteiger partial charge in [0.2, 0.25) is 0 Å². The number of carbonyl (C=O) groups excluding carboxylic acids is 2. The highest BCUT2D eigenvalue weighted by Crippen LogP contribution is 2.11. The van der Waals surface area contributed by atoms with Gasteiger partial charge in [0.1, 0.15) is 12.4 Å². The Bertz CT molecular complexity index is 787. The number of hydrazone groups is 1. The van der Waals surface area contributed by atoms with Gasteiger partial charge in [-0.25, -0.2) is 5.43 Å². The highest BCUT2D eigenvalue weighted by atomic mass is 35.5. The van der Waals surface area contributed by atoms with Gasteiger partial charge in [-0.2, -0.15) is 5.10 Å². The van der Waals surface area contributed by atoms with Gasteiger partial charge in [-0.1, -0.05) is 36.4 Å². The highest BCUT2D eigenvalue weighted by molar-refractivity contribution is 6.35. The maximum Gasteiger partial charge on any atom is 0.329 e. The predicted molar refractivity (Wildman–Crippen MR) is 101 cm³/mol. The van der Waals surface area contributed by atoms with E-state index in [9.17, 15) is 9.59 Å². The molecule has 0 heterocycles. The van der Waals surface area contributed by atoms with Crippen LogP contribution in [0.4, 0.5) is 0 Å². The quantitative estimate of drug-likeness (QED) is 0.340. The third kappa shape index (κ3) is 6.41. The number of ether oxygens (including phenoxy) is 1. The minimum absolute atomic E-state index is 0.222. The molecule has 2 amide bonds. The van der Waals surface area contributed by atoms with Gasteiger partial charge in [-0.05, 0) is 47.5 Å². The van der Waals surface area contributed by atoms with Gasteiger partial charge in [0.05, 0.1) is 6.21 Å². The van der Waals surface area contributed by atoms with Crippen molar-refractivity contribution in [2.75, 3.05) is 6.61 Å². The Hall–Kier alpha value is -3.12. The van der Waals surface area contributed by atoms with Crippen molar-refractivity contribution < 1.29 is 14.3 Å². The van der Waals surface area contributed by atoms with E-state index in [1.807, 2.05) is 0 Å². The van der Waals surface area contributed by atoms with Crippen molar-refractivity contribution in [2.45, 2.75) is 6.54 Å². The number of nitrogens with zero attached hydrogens (tertiary/aromatic N) is 1. The molecular formula is C19H18ClN3O3. The van der Waals surface area contributed by atoms with E-state index >= 15 is 0 Å². The van der Waals surface area contributed by atoms with Gasteiger partial charge in [-0.15, -0.1) is 0 Å². The molecule has 0 saturated carbocycles. The Kier molecular flexibility index (Phi) is 7.39. The predicted octanol–water partition coefficient (Wildman–Crippen LogP) is 2.67. The minimum Gasteiger partial charge on any atom is -0.490 e. The average Bonchev–Trinajstić information content (AvgIpc) is 2.66. The Balaban J connectivity index is 1.77. The standard InChI is InChI=1S/C19H18ClN3O3/c1-2-11-26-17-9-5-15(6-10-17)13-22-23-19(25)18(24)21-12-14-3-7-16(20)8-4-14/h2-10,13H,1,11-12H2,(H,21,24)(H,23,25)/b22-13-. The van der Waals surface area contributed by atoms with Gasteiger partial charge >= 0.3 is 11.8 Å². The summed E-state index contributed by atoms with van der Waals surface area (Å²) in [6, 6.07) is 14.0. The molecule has 0 aliphatic heterocycles. The van der Waals surface area contributed by atoms with Gasteiger partial charge in [0.15, 0.2) is 0 Å². The van der Waals surface area contributed by atoms with Crippen molar-refractivity contribution in [1.29, 1.82) is 0 Å². The summed E-state index contributed by atoms with van der Waals surface area (Å²) in [6.45, 7) is 4.22. The van der Waals surface area contributed by atoms with Gasteiger partial charge in [0.25, 0.3) is 0 Å². The first-order chi connectivity index (χ1) is 12.6. The summed E-state index contributed by atoms with van der Waals surface area (Å²) in [6.07, 6.45) is 3.09. The second-order valence-corrected chi connectivity index (χ2v) is 5.61. The lowest BCUT2D eigenvalue weighted by Crippen LogP contribution is -2.37. The molecule has 26 heavy (non-hydrogen) atoms. The fraction of sp³-hybridized carbons (Fsp3) is 0.105. The van der Waals surface area contributed by atoms with Gasteiger partial charge in [0, 0.05) is 11.6 Å². The SMILES string of the molecule is C=CCOc1ccc(/C=N\NC(=O)C(=O)NCc2ccc(Cl)cc2)cc1. The van der Waals surface area contributed by atoms with Crippen LogP contribution >= 0.6 is 11.6 Å². The van der Waals surface area contributed by atoms with Crippen LogP contribution in [0.15, 0.2) is 66.3 Å². The number of hydrogen-bond donors (Lipinski definition) is 2. The maximum atomic E-state index is 11.7. The molecule has 0 bridgehead atoms. The zero-order valence-corrected chi connectivity index (χ0v) is 14.7. The fourth-order valence-electron chi connectivity index (χ4n) is 1.89. The number of rotatable bonds is 7. The zero-order chi connectivity index (χ0) is 18.8. The van der Waals surface area contributed by atoms with Crippen molar-refractivity contribution in [1.82, 2.24) is 10.7 Å². The molecule has 134 valence electrons. The molecule has 0 fully saturated rings. The van der Waals surface area contributed by atoms with Crippen LogP contribution in [0, 0.1) is 0 Å². The van der Waals surface area contributed by atoms with Crippen LogP contribution in [0.3, 0.4) is 0 Å². The van der Waals surface area contributed by atoms with Crippen LogP contribution in [-0.2, 0) is 16.1 Å². The van der Waals surface area contributed by atoms with E-state index in [0.717, 1.165) is 11.1 Å². The molecule has 2 aromatic carbocycles. The summed E-state index contributed by atoms with van der Waals surface area (Å²) >= 11 is 5.79. The van der Waals surface area contributed by atoms with Crippen molar-refractivity contribution in [3.05, 3.63) is 77.3 Å². The van der Waals surface area contributed by atoms with Crippen molar-refractivity contribution in [3.8, 4) is 5.75 Å². The maximum absolute atomic E-state index is 11.7. The molecule has 2 rings (SSSR count). The first-order valence-corrected chi connectivity index (χ1v) is 8.15. The molecule has 7 heteroatoms. The number of amides is 2. The van der Waals surface area contributed by atoms with E-state index in [1.54, 1.807) is 54.6 Å². The monoisotopic (exact) mass is 371 g/mol. The van der Waals surface area contributed by atoms with Crippen LogP contribution < -0.4 is 15.5 Å². The summed E-state index contributed by atoms with van der Waals surface area (Å²) in [5, 5.41) is 6.87. The molecule has 0 aliphatic rings. The van der Waals surface area contributed by atoms with Crippen molar-refractivity contribution >= 4 is 29.6 Å². The lowest BCUT2D eigenvalue weighted by atomic mass is 10.2. The molecule has 0 spiro atoms. The largest absolute Gasteiger partial charge is 0.490 e. The molecular weight excluding hydrogens is 354 g/mol. The van der Waals surface area contributed by atoms with Crippen LogP contribution in [-0.4, -0.2) is 24.6 Å². The molecule has 0 radical (unpaired) electrons. The van der Waals surface area contributed by atoms with E-state index in [4.69, 9.17) is 16.3 Å². The number of hydrogen-bond acceptors (Lipinski definition) is 4. The van der Waals surface area contributed by atoms with Gasteiger partial charge in [-0.3, -0.25) is 9.59 Å². The second kappa shape index (κ2) is 10.0. The lowest BCUT2D eigenvalue weighted by Gasteiger charge is -2.04. The minimum atomic E-state index is -0.846. The van der Waals surface area contributed by atoms with E-state index in [2.05, 4.69) is 22.4 Å². The van der Waals surface area contributed by atoms with E-state index in [0.29, 0.717) is 17.4 Å². The number of benzene rings is 2. The summed E-state index contributed by atoms with van der Waals surface area (Å²) in [5.41, 5.74) is 3.76. The molecule has 0 aromatic heterocycles. The molecule has 0 atom stereocenters. The van der Waals surface area contributed by atoms with Crippen LogP contribution in [0.2, 0.25) is 5.02 Å². The Morgan fingerprint density at radius 2 is 1.77 bits per heavy atom. The van der Waals surface area contributed by atoms with E-state index in [-0.39, 0.29) is 6.54 Å². The number of nitrogens with one attached hydrogen (secondary N) is 2. The second-order valence-electron chi connectivity index (χ2n) is 5.18. The lowest BCUT2D eigenvalue weighted by molar-refractivity contribution is -0.139. The Morgan fingerprint density at radius 3 is 2.42 bits per heavy atom. The van der Waals surface area contributed by atoms with E-state index in [1.165, 1.54) is 6.21 Å². The van der Waals surface area contributed by atoms with Crippen molar-refractivity contribution in [2.24, 2.45) is 5.10 Å². The molecule has 2 aromatic rings. The van der Waals surface area contributed by atoms with Crippen LogP contribution in [0.25, 0.3) is 0 Å². The molecule has 0 saturated heterocycles. The van der Waals surface area contributed by atoms with Crippen molar-refractivity contribution in [3.63, 3.8) is 0 Å². The Morgan fingerprint density at radius 1 is 1.08 bits per heavy atom. The van der Waals surface area contributed by atoms with Gasteiger partial charge < -0.3 is 10.1 Å². The van der Waals surface area contributed by atoms with Crippen LogP contribution in [0.5, 0.6) is 5.75 Å². The summed E-state index contributed by atoms with van der Waals surface area (Å²) in [7, 11) is 0. The van der Waals surface area contributed by atoms with E-state index < -0.39 is 11.8 Å². The summed E-state index contributed by atoms with van der Waals surface area (Å²) in [5.74, 6) is -0.918. The number of halogens is 1. The highest BCUT2D eigenvalue weighted by Gasteiger charge is 2.11. The third-order valence-electron chi connectivity index (χ3n) is 3.20. The number of carbonyl (C=O) groups is 2. The average molecular weight is 372 g/mol. The normalized spacial score (nSPS) is 10.3. The topological polar surface area (TPSA) is 79.8 Å². The fourth-order valence-corrected chi connectivity index (χ4v) is 2.01. The van der Waals surface area contributed by atoms with Crippen LogP contribution in [0.1, 0.15) is 11.1 Å². The smallest absolute Gasteiger partial charge is 0.329 e. The third-order valence-corrected chi connectivity index (χ3v) is 3.45. The molecule has 0 unspecified atom stereocenters. The first-order valence-electron chi connectivity index (χ1n) is 7.78.